The molecule has 1 aromatic rings. The molecule has 1 aliphatic heterocycles. The molecule has 0 unspecified atom stereocenters. The minimum atomic E-state index is -0.563. The molecule has 1 aromatic carbocycles. The zero-order valence-corrected chi connectivity index (χ0v) is 13.8. The molecule has 6 heteroatoms. The van der Waals surface area contributed by atoms with E-state index in [1.54, 1.807) is 0 Å². The normalized spacial score (nSPS) is 17.1. The van der Waals surface area contributed by atoms with Gasteiger partial charge in [0.15, 0.2) is 0 Å². The van der Waals surface area contributed by atoms with Crippen LogP contribution in [0.5, 0.6) is 0 Å². The highest BCUT2D eigenvalue weighted by Gasteiger charge is 2.20. The number of nitrogens with one attached hydrogen (secondary N) is 1. The van der Waals surface area contributed by atoms with E-state index in [2.05, 4.69) is 17.1 Å². The van der Waals surface area contributed by atoms with Crippen LogP contribution in [0.3, 0.4) is 0 Å². The van der Waals surface area contributed by atoms with Gasteiger partial charge in [0.1, 0.15) is 11.6 Å². The van der Waals surface area contributed by atoms with Gasteiger partial charge < -0.3 is 10.2 Å². The van der Waals surface area contributed by atoms with Crippen LogP contribution in [-0.2, 0) is 4.79 Å². The number of anilines is 1. The Labute approximate surface area is 136 Å². The van der Waals surface area contributed by atoms with Gasteiger partial charge in [0, 0.05) is 44.0 Å². The fourth-order valence-corrected chi connectivity index (χ4v) is 2.91. The van der Waals surface area contributed by atoms with Crippen molar-refractivity contribution in [1.29, 1.82) is 0 Å². The van der Waals surface area contributed by atoms with Crippen LogP contribution in [0.4, 0.5) is 14.5 Å². The highest BCUT2D eigenvalue weighted by Crippen LogP contribution is 2.19. The molecule has 128 valence electrons. The van der Waals surface area contributed by atoms with E-state index in [1.165, 1.54) is 12.1 Å². The first-order chi connectivity index (χ1) is 11.0. The molecule has 0 aromatic heterocycles. The maximum absolute atomic E-state index is 13.3. The van der Waals surface area contributed by atoms with Crippen molar-refractivity contribution in [2.24, 2.45) is 0 Å². The van der Waals surface area contributed by atoms with Crippen LogP contribution in [0.2, 0.25) is 0 Å². The smallest absolute Gasteiger partial charge is 0.234 e. The molecule has 0 radical (unpaired) electrons. The Balaban J connectivity index is 1.80. The summed E-state index contributed by atoms with van der Waals surface area (Å²) in [6.45, 7) is 7.19. The average molecular weight is 325 g/mol. The van der Waals surface area contributed by atoms with Gasteiger partial charge in [0.25, 0.3) is 0 Å². The van der Waals surface area contributed by atoms with Crippen LogP contribution >= 0.6 is 0 Å². The number of amides is 1. The van der Waals surface area contributed by atoms with E-state index in [4.69, 9.17) is 0 Å². The summed E-state index contributed by atoms with van der Waals surface area (Å²) in [6, 6.07) is 3.76. The van der Waals surface area contributed by atoms with Crippen LogP contribution in [0.15, 0.2) is 18.2 Å². The molecule has 2 rings (SSSR count). The van der Waals surface area contributed by atoms with Crippen molar-refractivity contribution in [3.63, 3.8) is 0 Å². The molecular weight excluding hydrogens is 300 g/mol. The zero-order valence-electron chi connectivity index (χ0n) is 13.8. The van der Waals surface area contributed by atoms with E-state index < -0.39 is 11.6 Å². The van der Waals surface area contributed by atoms with E-state index in [9.17, 15) is 13.6 Å². The van der Waals surface area contributed by atoms with Gasteiger partial charge in [-0.3, -0.25) is 9.69 Å². The van der Waals surface area contributed by atoms with Gasteiger partial charge in [-0.1, -0.05) is 13.3 Å². The Kier molecular flexibility index (Phi) is 6.33. The molecule has 1 heterocycles. The first kappa shape index (κ1) is 17.7. The van der Waals surface area contributed by atoms with Crippen LogP contribution in [0.1, 0.15) is 26.7 Å². The fourth-order valence-electron chi connectivity index (χ4n) is 2.91. The van der Waals surface area contributed by atoms with Crippen LogP contribution in [0.25, 0.3) is 0 Å². The zero-order chi connectivity index (χ0) is 16.8. The summed E-state index contributed by atoms with van der Waals surface area (Å²) < 4.78 is 26.6. The van der Waals surface area contributed by atoms with Gasteiger partial charge in [-0.05, 0) is 25.5 Å². The molecule has 1 aliphatic rings. The summed E-state index contributed by atoms with van der Waals surface area (Å²) >= 11 is 0. The molecule has 1 amide bonds. The quantitative estimate of drug-likeness (QED) is 0.872. The molecule has 1 fully saturated rings. The largest absolute Gasteiger partial charge is 0.369 e. The highest BCUT2D eigenvalue weighted by molar-refractivity contribution is 5.78. The Hall–Kier alpha value is -1.69. The summed E-state index contributed by atoms with van der Waals surface area (Å²) in [5, 5.41) is 2.99. The van der Waals surface area contributed by atoms with Gasteiger partial charge in [-0.25, -0.2) is 8.78 Å². The second-order valence-corrected chi connectivity index (χ2v) is 6.15. The Morgan fingerprint density at radius 1 is 1.17 bits per heavy atom. The molecule has 1 saturated heterocycles. The first-order valence-corrected chi connectivity index (χ1v) is 8.20. The summed E-state index contributed by atoms with van der Waals surface area (Å²) in [5.74, 6) is -1.09. The number of halogens is 2. The minimum Gasteiger partial charge on any atom is -0.369 e. The number of piperazine rings is 1. The predicted molar refractivity (Wildman–Crippen MR) is 87.5 cm³/mol. The summed E-state index contributed by atoms with van der Waals surface area (Å²) in [4.78, 5) is 16.0. The first-order valence-electron chi connectivity index (χ1n) is 8.20. The van der Waals surface area contributed by atoms with E-state index in [0.717, 1.165) is 18.9 Å². The molecule has 23 heavy (non-hydrogen) atoms. The topological polar surface area (TPSA) is 35.6 Å². The number of rotatable bonds is 6. The third kappa shape index (κ3) is 5.46. The van der Waals surface area contributed by atoms with E-state index in [-0.39, 0.29) is 11.9 Å². The highest BCUT2D eigenvalue weighted by atomic mass is 19.1. The van der Waals surface area contributed by atoms with Crippen LogP contribution in [-0.4, -0.2) is 49.6 Å². The minimum absolute atomic E-state index is 0.0381. The van der Waals surface area contributed by atoms with Crippen molar-refractivity contribution in [2.75, 3.05) is 37.6 Å². The van der Waals surface area contributed by atoms with Gasteiger partial charge in [0.05, 0.1) is 6.54 Å². The van der Waals surface area contributed by atoms with Crippen molar-refractivity contribution < 1.29 is 13.6 Å². The number of hydrogen-bond acceptors (Lipinski definition) is 3. The molecule has 1 atom stereocenters. The van der Waals surface area contributed by atoms with E-state index in [1.807, 2.05) is 11.8 Å². The second kappa shape index (κ2) is 8.24. The molecule has 0 bridgehead atoms. The van der Waals surface area contributed by atoms with Crippen molar-refractivity contribution >= 4 is 11.6 Å². The van der Waals surface area contributed by atoms with Crippen molar-refractivity contribution in [1.82, 2.24) is 10.2 Å². The lowest BCUT2D eigenvalue weighted by Crippen LogP contribution is -2.50. The predicted octanol–water partition coefficient (Wildman–Crippen LogP) is 2.39. The third-order valence-electron chi connectivity index (χ3n) is 4.08. The lowest BCUT2D eigenvalue weighted by atomic mass is 10.2. The monoisotopic (exact) mass is 325 g/mol. The standard InChI is InChI=1S/C17H25F2N3O/c1-3-4-13(2)20-17(23)12-21-5-7-22(8-6-21)16-10-14(18)9-15(19)11-16/h9-11,13H,3-8,12H2,1-2H3,(H,20,23)/t13-/m1/s1. The van der Waals surface area contributed by atoms with Crippen LogP contribution in [0, 0.1) is 11.6 Å². The molecule has 0 spiro atoms. The fraction of sp³-hybridized carbons (Fsp3) is 0.588. The summed E-state index contributed by atoms with van der Waals surface area (Å²) in [5.41, 5.74) is 0.558. The number of hydrogen-bond donors (Lipinski definition) is 1. The van der Waals surface area contributed by atoms with Crippen LogP contribution < -0.4 is 10.2 Å². The van der Waals surface area contributed by atoms with E-state index in [0.29, 0.717) is 38.4 Å². The van der Waals surface area contributed by atoms with Crippen molar-refractivity contribution in [3.05, 3.63) is 29.8 Å². The number of carbonyl (C=O) groups excluding carboxylic acids is 1. The molecular formula is C17H25F2N3O. The number of carbonyl (C=O) groups is 1. The van der Waals surface area contributed by atoms with Gasteiger partial charge in [0.2, 0.25) is 5.91 Å². The van der Waals surface area contributed by atoms with E-state index >= 15 is 0 Å². The summed E-state index contributed by atoms with van der Waals surface area (Å²) in [7, 11) is 0. The average Bonchev–Trinajstić information content (AvgIpc) is 2.47. The van der Waals surface area contributed by atoms with Gasteiger partial charge in [-0.2, -0.15) is 0 Å². The van der Waals surface area contributed by atoms with Gasteiger partial charge >= 0.3 is 0 Å². The molecule has 4 nitrogen and oxygen atoms in total. The Morgan fingerprint density at radius 3 is 2.35 bits per heavy atom. The lowest BCUT2D eigenvalue weighted by Gasteiger charge is -2.35. The Morgan fingerprint density at radius 2 is 1.78 bits per heavy atom. The molecule has 0 saturated carbocycles. The van der Waals surface area contributed by atoms with Gasteiger partial charge in [-0.15, -0.1) is 0 Å². The Bertz CT molecular complexity index is 510. The maximum atomic E-state index is 13.3. The second-order valence-electron chi connectivity index (χ2n) is 6.15. The number of benzene rings is 1. The summed E-state index contributed by atoms with van der Waals surface area (Å²) in [6.07, 6.45) is 2.02. The molecule has 0 aliphatic carbocycles. The third-order valence-corrected chi connectivity index (χ3v) is 4.08. The lowest BCUT2D eigenvalue weighted by molar-refractivity contribution is -0.122. The van der Waals surface area contributed by atoms with Crippen molar-refractivity contribution in [2.45, 2.75) is 32.7 Å². The maximum Gasteiger partial charge on any atom is 0.234 e. The molecule has 1 N–H and O–H groups in total. The van der Waals surface area contributed by atoms with Crippen molar-refractivity contribution in [3.8, 4) is 0 Å². The number of nitrogens with zero attached hydrogens (tertiary/aromatic N) is 2. The SMILES string of the molecule is CCC[C@@H](C)NC(=O)CN1CCN(c2cc(F)cc(F)c2)CC1.